The lowest BCUT2D eigenvalue weighted by molar-refractivity contribution is 0.170. The fraction of sp³-hybridized carbons (Fsp3) is 0.538. The highest BCUT2D eigenvalue weighted by Crippen LogP contribution is 2.22. The van der Waals surface area contributed by atoms with Crippen molar-refractivity contribution in [3.8, 4) is 5.75 Å². The Bertz CT molecular complexity index is 378. The van der Waals surface area contributed by atoms with Gasteiger partial charge in [0.2, 0.25) is 0 Å². The molecule has 94 valence electrons. The predicted octanol–water partition coefficient (Wildman–Crippen LogP) is 2.39. The third kappa shape index (κ3) is 3.35. The smallest absolute Gasteiger partial charge is 0.119 e. The van der Waals surface area contributed by atoms with Crippen molar-refractivity contribution < 1.29 is 9.47 Å². The standard InChI is InChI=1S/C13H18ClNO2/c1-9-6-11(2-3-12(9)14)17-8-13(15)10-4-5-16-7-10/h2-3,6,10,13H,4-5,7-8,15H2,1H3. The van der Waals surface area contributed by atoms with E-state index in [0.29, 0.717) is 12.5 Å². The third-order valence-corrected chi connectivity index (χ3v) is 3.57. The molecule has 0 aromatic heterocycles. The summed E-state index contributed by atoms with van der Waals surface area (Å²) in [5.74, 6) is 1.24. The molecule has 1 aromatic rings. The Morgan fingerprint density at radius 1 is 1.59 bits per heavy atom. The number of rotatable bonds is 4. The van der Waals surface area contributed by atoms with Crippen LogP contribution < -0.4 is 10.5 Å². The number of ether oxygens (including phenoxy) is 2. The van der Waals surface area contributed by atoms with E-state index in [1.54, 1.807) is 0 Å². The van der Waals surface area contributed by atoms with E-state index in [-0.39, 0.29) is 6.04 Å². The second kappa shape index (κ2) is 5.71. The summed E-state index contributed by atoms with van der Waals surface area (Å²) in [6.45, 7) is 4.05. The highest BCUT2D eigenvalue weighted by molar-refractivity contribution is 6.31. The SMILES string of the molecule is Cc1cc(OCC(N)C2CCOC2)ccc1Cl. The maximum absolute atomic E-state index is 6.06. The van der Waals surface area contributed by atoms with Crippen LogP contribution in [0, 0.1) is 12.8 Å². The summed E-state index contributed by atoms with van der Waals surface area (Å²) in [6.07, 6.45) is 1.03. The van der Waals surface area contributed by atoms with E-state index in [4.69, 9.17) is 26.8 Å². The molecule has 0 aliphatic carbocycles. The van der Waals surface area contributed by atoms with Gasteiger partial charge in [-0.3, -0.25) is 0 Å². The van der Waals surface area contributed by atoms with Crippen LogP contribution in [-0.2, 0) is 4.74 Å². The van der Waals surface area contributed by atoms with Crippen LogP contribution in [0.25, 0.3) is 0 Å². The molecule has 3 nitrogen and oxygen atoms in total. The second-order valence-electron chi connectivity index (χ2n) is 4.51. The number of benzene rings is 1. The van der Waals surface area contributed by atoms with E-state index in [9.17, 15) is 0 Å². The average Bonchev–Trinajstić information content (AvgIpc) is 2.84. The van der Waals surface area contributed by atoms with Gasteiger partial charge in [0.05, 0.1) is 6.61 Å². The monoisotopic (exact) mass is 255 g/mol. The van der Waals surface area contributed by atoms with Crippen LogP contribution in [0.4, 0.5) is 0 Å². The first kappa shape index (κ1) is 12.7. The predicted molar refractivity (Wildman–Crippen MR) is 68.6 cm³/mol. The molecule has 1 fully saturated rings. The number of hydrogen-bond acceptors (Lipinski definition) is 3. The molecule has 0 radical (unpaired) electrons. The van der Waals surface area contributed by atoms with Crippen molar-refractivity contribution in [2.45, 2.75) is 19.4 Å². The molecule has 0 bridgehead atoms. The molecule has 1 aromatic carbocycles. The van der Waals surface area contributed by atoms with Gasteiger partial charge in [0.15, 0.2) is 0 Å². The molecule has 2 rings (SSSR count). The molecule has 1 heterocycles. The zero-order valence-electron chi connectivity index (χ0n) is 9.99. The number of halogens is 1. The Morgan fingerprint density at radius 2 is 2.41 bits per heavy atom. The maximum atomic E-state index is 6.06. The average molecular weight is 256 g/mol. The molecule has 2 atom stereocenters. The van der Waals surface area contributed by atoms with Gasteiger partial charge in [-0.05, 0) is 37.1 Å². The summed E-state index contributed by atoms with van der Waals surface area (Å²) >= 11 is 5.95. The van der Waals surface area contributed by atoms with Gasteiger partial charge in [0.25, 0.3) is 0 Å². The number of nitrogens with two attached hydrogens (primary N) is 1. The summed E-state index contributed by atoms with van der Waals surface area (Å²) in [5.41, 5.74) is 7.08. The van der Waals surface area contributed by atoms with Crippen LogP contribution >= 0.6 is 11.6 Å². The minimum absolute atomic E-state index is 0.0356. The van der Waals surface area contributed by atoms with Crippen LogP contribution in [0.3, 0.4) is 0 Å². The Labute approximate surface area is 107 Å². The fourth-order valence-corrected chi connectivity index (χ4v) is 2.04. The Balaban J connectivity index is 1.86. The summed E-state index contributed by atoms with van der Waals surface area (Å²) < 4.78 is 11.0. The lowest BCUT2D eigenvalue weighted by atomic mass is 10.0. The quantitative estimate of drug-likeness (QED) is 0.899. The molecule has 2 unspecified atom stereocenters. The Hall–Kier alpha value is -0.770. The molecule has 0 saturated carbocycles. The lowest BCUT2D eigenvalue weighted by Crippen LogP contribution is -2.36. The summed E-state index contributed by atoms with van der Waals surface area (Å²) in [4.78, 5) is 0. The molecule has 0 spiro atoms. The Morgan fingerprint density at radius 3 is 3.06 bits per heavy atom. The molecule has 2 N–H and O–H groups in total. The van der Waals surface area contributed by atoms with Crippen molar-refractivity contribution in [2.24, 2.45) is 11.7 Å². The molecular formula is C13H18ClNO2. The Kier molecular flexibility index (Phi) is 4.26. The van der Waals surface area contributed by atoms with Crippen molar-refractivity contribution in [1.29, 1.82) is 0 Å². The normalized spacial score (nSPS) is 21.5. The molecule has 17 heavy (non-hydrogen) atoms. The van der Waals surface area contributed by atoms with Crippen molar-refractivity contribution in [3.05, 3.63) is 28.8 Å². The molecule has 4 heteroatoms. The summed E-state index contributed by atoms with van der Waals surface area (Å²) in [7, 11) is 0. The number of hydrogen-bond donors (Lipinski definition) is 1. The van der Waals surface area contributed by atoms with Crippen LogP contribution in [0.5, 0.6) is 5.75 Å². The van der Waals surface area contributed by atoms with Gasteiger partial charge in [-0.1, -0.05) is 11.6 Å². The third-order valence-electron chi connectivity index (χ3n) is 3.14. The largest absolute Gasteiger partial charge is 0.492 e. The first-order valence-corrected chi connectivity index (χ1v) is 6.27. The van der Waals surface area contributed by atoms with Crippen LogP contribution in [0.2, 0.25) is 5.02 Å². The van der Waals surface area contributed by atoms with Crippen LogP contribution in [0.15, 0.2) is 18.2 Å². The zero-order chi connectivity index (χ0) is 12.3. The highest BCUT2D eigenvalue weighted by atomic mass is 35.5. The second-order valence-corrected chi connectivity index (χ2v) is 4.92. The van der Waals surface area contributed by atoms with Crippen molar-refractivity contribution in [1.82, 2.24) is 0 Å². The summed E-state index contributed by atoms with van der Waals surface area (Å²) in [5, 5.41) is 0.755. The van der Waals surface area contributed by atoms with E-state index in [0.717, 1.165) is 36.0 Å². The minimum Gasteiger partial charge on any atom is -0.492 e. The lowest BCUT2D eigenvalue weighted by Gasteiger charge is -2.18. The van der Waals surface area contributed by atoms with Gasteiger partial charge >= 0.3 is 0 Å². The van der Waals surface area contributed by atoms with E-state index in [1.807, 2.05) is 25.1 Å². The van der Waals surface area contributed by atoms with Gasteiger partial charge in [0.1, 0.15) is 12.4 Å². The molecule has 0 amide bonds. The molecule has 1 saturated heterocycles. The molecular weight excluding hydrogens is 238 g/mol. The highest BCUT2D eigenvalue weighted by Gasteiger charge is 2.23. The molecule has 1 aliphatic heterocycles. The van der Waals surface area contributed by atoms with E-state index in [2.05, 4.69) is 0 Å². The first-order chi connectivity index (χ1) is 8.16. The zero-order valence-corrected chi connectivity index (χ0v) is 10.7. The van der Waals surface area contributed by atoms with Crippen LogP contribution in [-0.4, -0.2) is 25.9 Å². The van der Waals surface area contributed by atoms with Gasteiger partial charge in [-0.2, -0.15) is 0 Å². The van der Waals surface area contributed by atoms with E-state index < -0.39 is 0 Å². The van der Waals surface area contributed by atoms with Gasteiger partial charge in [-0.25, -0.2) is 0 Å². The fourth-order valence-electron chi connectivity index (χ4n) is 1.93. The van der Waals surface area contributed by atoms with Crippen molar-refractivity contribution in [2.75, 3.05) is 19.8 Å². The summed E-state index contributed by atoms with van der Waals surface area (Å²) in [6, 6.07) is 5.68. The van der Waals surface area contributed by atoms with Gasteiger partial charge in [0, 0.05) is 23.6 Å². The molecule has 1 aliphatic rings. The van der Waals surface area contributed by atoms with Gasteiger partial charge in [-0.15, -0.1) is 0 Å². The van der Waals surface area contributed by atoms with E-state index in [1.165, 1.54) is 0 Å². The minimum atomic E-state index is 0.0356. The number of aryl methyl sites for hydroxylation is 1. The van der Waals surface area contributed by atoms with Crippen molar-refractivity contribution in [3.63, 3.8) is 0 Å². The first-order valence-electron chi connectivity index (χ1n) is 5.89. The topological polar surface area (TPSA) is 44.5 Å². The van der Waals surface area contributed by atoms with Gasteiger partial charge < -0.3 is 15.2 Å². The van der Waals surface area contributed by atoms with Crippen molar-refractivity contribution >= 4 is 11.6 Å². The van der Waals surface area contributed by atoms with E-state index >= 15 is 0 Å². The maximum Gasteiger partial charge on any atom is 0.119 e. The van der Waals surface area contributed by atoms with Crippen LogP contribution in [0.1, 0.15) is 12.0 Å².